The smallest absolute Gasteiger partial charge is 0.109 e. The van der Waals surface area contributed by atoms with E-state index in [1.807, 2.05) is 62.6 Å². The Morgan fingerprint density at radius 3 is 1.44 bits per heavy atom. The summed E-state index contributed by atoms with van der Waals surface area (Å²) in [6, 6.07) is 15.6. The largest absolute Gasteiger partial charge is 0.386 e. The van der Waals surface area contributed by atoms with E-state index in [-0.39, 0.29) is 0 Å². The summed E-state index contributed by atoms with van der Waals surface area (Å²) in [5.74, 6) is 0. The third-order valence-electron chi connectivity index (χ3n) is 2.61. The summed E-state index contributed by atoms with van der Waals surface area (Å²) in [5, 5.41) is 14.7. The molecule has 0 atom stereocenters. The normalized spacial score (nSPS) is 10.6. The third kappa shape index (κ3) is 2.66. The fourth-order valence-corrected chi connectivity index (χ4v) is 1.65. The van der Waals surface area contributed by atoms with Crippen molar-refractivity contribution in [1.29, 1.82) is 0 Å². The molecule has 0 spiro atoms. The van der Waals surface area contributed by atoms with Crippen molar-refractivity contribution in [2.24, 2.45) is 10.2 Å². The van der Waals surface area contributed by atoms with Gasteiger partial charge in [-0.15, -0.1) is 10.2 Å². The Morgan fingerprint density at radius 1 is 0.667 bits per heavy atom. The first-order valence-corrected chi connectivity index (χ1v) is 5.80. The third-order valence-corrected chi connectivity index (χ3v) is 2.61. The SMILES string of the molecule is CNc1ccccc1/N=N/c1ccccc1NC. The lowest BCUT2D eigenvalue weighted by Gasteiger charge is -2.04. The predicted octanol–water partition coefficient (Wildman–Crippen LogP) is 4.19. The van der Waals surface area contributed by atoms with Gasteiger partial charge in [0.2, 0.25) is 0 Å². The van der Waals surface area contributed by atoms with Crippen LogP contribution in [0.2, 0.25) is 0 Å². The molecular weight excluding hydrogens is 224 g/mol. The number of para-hydroxylation sites is 2. The van der Waals surface area contributed by atoms with E-state index in [0.29, 0.717) is 0 Å². The maximum atomic E-state index is 4.28. The van der Waals surface area contributed by atoms with E-state index in [1.165, 1.54) is 0 Å². The molecule has 0 saturated carbocycles. The summed E-state index contributed by atoms with van der Waals surface area (Å²) in [4.78, 5) is 0. The lowest BCUT2D eigenvalue weighted by atomic mass is 10.2. The van der Waals surface area contributed by atoms with Crippen molar-refractivity contribution < 1.29 is 0 Å². The highest BCUT2D eigenvalue weighted by molar-refractivity contribution is 5.67. The van der Waals surface area contributed by atoms with Gasteiger partial charge in [-0.1, -0.05) is 24.3 Å². The van der Waals surface area contributed by atoms with Gasteiger partial charge in [0.15, 0.2) is 0 Å². The molecule has 2 aromatic rings. The van der Waals surface area contributed by atoms with E-state index >= 15 is 0 Å². The first-order valence-electron chi connectivity index (χ1n) is 5.80. The Bertz CT molecular complexity index is 499. The molecular formula is C14H16N4. The molecule has 2 rings (SSSR count). The van der Waals surface area contributed by atoms with Crippen LogP contribution in [0.4, 0.5) is 22.7 Å². The Hall–Kier alpha value is -2.36. The number of hydrogen-bond donors (Lipinski definition) is 2. The van der Waals surface area contributed by atoms with E-state index in [1.54, 1.807) is 0 Å². The van der Waals surface area contributed by atoms with Crippen LogP contribution in [-0.2, 0) is 0 Å². The fourth-order valence-electron chi connectivity index (χ4n) is 1.65. The maximum Gasteiger partial charge on any atom is 0.109 e. The molecule has 0 unspecified atom stereocenters. The van der Waals surface area contributed by atoms with Gasteiger partial charge in [0, 0.05) is 14.1 Å². The minimum atomic E-state index is 0.825. The van der Waals surface area contributed by atoms with Gasteiger partial charge in [-0.3, -0.25) is 0 Å². The molecule has 2 aromatic carbocycles. The highest BCUT2D eigenvalue weighted by Gasteiger charge is 1.99. The van der Waals surface area contributed by atoms with Crippen molar-refractivity contribution in [2.75, 3.05) is 24.7 Å². The number of anilines is 2. The highest BCUT2D eigenvalue weighted by atomic mass is 15.1. The number of benzene rings is 2. The second kappa shape index (κ2) is 5.82. The number of hydrogen-bond acceptors (Lipinski definition) is 4. The average molecular weight is 240 g/mol. The Kier molecular flexibility index (Phi) is 3.91. The van der Waals surface area contributed by atoms with E-state index in [0.717, 1.165) is 22.7 Å². The van der Waals surface area contributed by atoms with Crippen LogP contribution < -0.4 is 10.6 Å². The van der Waals surface area contributed by atoms with E-state index < -0.39 is 0 Å². The maximum absolute atomic E-state index is 4.28. The molecule has 18 heavy (non-hydrogen) atoms. The van der Waals surface area contributed by atoms with Crippen molar-refractivity contribution in [1.82, 2.24) is 0 Å². The lowest BCUT2D eigenvalue weighted by molar-refractivity contribution is 1.22. The molecule has 4 heteroatoms. The highest BCUT2D eigenvalue weighted by Crippen LogP contribution is 2.29. The van der Waals surface area contributed by atoms with Crippen molar-refractivity contribution in [3.63, 3.8) is 0 Å². The monoisotopic (exact) mass is 240 g/mol. The number of nitrogens with one attached hydrogen (secondary N) is 2. The number of nitrogens with zero attached hydrogens (tertiary/aromatic N) is 2. The molecule has 0 saturated heterocycles. The van der Waals surface area contributed by atoms with Crippen molar-refractivity contribution in [3.8, 4) is 0 Å². The molecule has 2 N–H and O–H groups in total. The molecule has 0 bridgehead atoms. The second-order valence-corrected chi connectivity index (χ2v) is 3.73. The Labute approximate surface area is 107 Å². The molecule has 0 radical (unpaired) electrons. The van der Waals surface area contributed by atoms with Crippen LogP contribution >= 0.6 is 0 Å². The molecule has 0 aromatic heterocycles. The van der Waals surface area contributed by atoms with Crippen LogP contribution in [0.15, 0.2) is 58.8 Å². The minimum Gasteiger partial charge on any atom is -0.386 e. The van der Waals surface area contributed by atoms with Crippen LogP contribution in [0.1, 0.15) is 0 Å². The van der Waals surface area contributed by atoms with E-state index in [4.69, 9.17) is 0 Å². The van der Waals surface area contributed by atoms with Gasteiger partial charge in [0.25, 0.3) is 0 Å². The van der Waals surface area contributed by atoms with Crippen LogP contribution in [0.3, 0.4) is 0 Å². The first-order chi connectivity index (χ1) is 8.85. The Morgan fingerprint density at radius 2 is 1.06 bits per heavy atom. The molecule has 0 aliphatic heterocycles. The summed E-state index contributed by atoms with van der Waals surface area (Å²) in [6.45, 7) is 0. The summed E-state index contributed by atoms with van der Waals surface area (Å²) in [7, 11) is 3.74. The molecule has 0 fully saturated rings. The van der Waals surface area contributed by atoms with Gasteiger partial charge < -0.3 is 10.6 Å². The van der Waals surface area contributed by atoms with Gasteiger partial charge >= 0.3 is 0 Å². The molecule has 0 amide bonds. The molecule has 4 nitrogen and oxygen atoms in total. The van der Waals surface area contributed by atoms with Crippen LogP contribution in [0.25, 0.3) is 0 Å². The van der Waals surface area contributed by atoms with Crippen molar-refractivity contribution in [3.05, 3.63) is 48.5 Å². The molecule has 0 aliphatic carbocycles. The summed E-state index contributed by atoms with van der Waals surface area (Å²) >= 11 is 0. The standard InChI is InChI=1S/C14H16N4/c1-15-11-7-3-5-9-13(11)17-18-14-10-6-4-8-12(14)16-2/h3-10,15-16H,1-2H3/b18-17+. The van der Waals surface area contributed by atoms with Crippen LogP contribution in [0.5, 0.6) is 0 Å². The molecule has 0 aliphatic rings. The zero-order chi connectivity index (χ0) is 12.8. The summed E-state index contributed by atoms with van der Waals surface area (Å²) < 4.78 is 0. The van der Waals surface area contributed by atoms with Crippen molar-refractivity contribution >= 4 is 22.7 Å². The van der Waals surface area contributed by atoms with E-state index in [9.17, 15) is 0 Å². The minimum absolute atomic E-state index is 0.825. The van der Waals surface area contributed by atoms with Gasteiger partial charge in [0.1, 0.15) is 11.4 Å². The first kappa shape index (κ1) is 12.1. The zero-order valence-electron chi connectivity index (χ0n) is 10.5. The van der Waals surface area contributed by atoms with Gasteiger partial charge in [0.05, 0.1) is 11.4 Å². The zero-order valence-corrected chi connectivity index (χ0v) is 10.5. The summed E-state index contributed by atoms with van der Waals surface area (Å²) in [6.07, 6.45) is 0. The van der Waals surface area contributed by atoms with Gasteiger partial charge in [-0.25, -0.2) is 0 Å². The molecule has 0 heterocycles. The summed E-state index contributed by atoms with van der Waals surface area (Å²) in [5.41, 5.74) is 3.57. The topological polar surface area (TPSA) is 48.8 Å². The predicted molar refractivity (Wildman–Crippen MR) is 76.2 cm³/mol. The van der Waals surface area contributed by atoms with Gasteiger partial charge in [-0.05, 0) is 24.3 Å². The average Bonchev–Trinajstić information content (AvgIpc) is 2.45. The number of rotatable bonds is 4. The fraction of sp³-hybridized carbons (Fsp3) is 0.143. The van der Waals surface area contributed by atoms with E-state index in [2.05, 4.69) is 20.9 Å². The quantitative estimate of drug-likeness (QED) is 0.787. The van der Waals surface area contributed by atoms with Crippen LogP contribution in [-0.4, -0.2) is 14.1 Å². The number of azo groups is 1. The lowest BCUT2D eigenvalue weighted by Crippen LogP contribution is -1.88. The Balaban J connectivity index is 2.30. The second-order valence-electron chi connectivity index (χ2n) is 3.73. The van der Waals surface area contributed by atoms with Crippen LogP contribution in [0, 0.1) is 0 Å². The molecule has 92 valence electrons. The van der Waals surface area contributed by atoms with Gasteiger partial charge in [-0.2, -0.15) is 0 Å². The van der Waals surface area contributed by atoms with Crippen molar-refractivity contribution in [2.45, 2.75) is 0 Å².